The van der Waals surface area contributed by atoms with Crippen LogP contribution in [0.3, 0.4) is 0 Å². The van der Waals surface area contributed by atoms with Crippen LogP contribution in [-0.4, -0.2) is 56.8 Å². The maximum atomic E-state index is 13.8. The molecule has 1 amide bonds. The predicted molar refractivity (Wildman–Crippen MR) is 78.7 cm³/mol. The van der Waals surface area contributed by atoms with Gasteiger partial charge in [0.1, 0.15) is 5.82 Å². The van der Waals surface area contributed by atoms with E-state index in [1.807, 2.05) is 0 Å². The first-order chi connectivity index (χ1) is 10.7. The Balaban J connectivity index is 1.81. The molecule has 1 aliphatic rings. The zero-order chi connectivity index (χ0) is 15.5. The Labute approximate surface area is 128 Å². The van der Waals surface area contributed by atoms with E-state index in [9.17, 15) is 9.18 Å². The summed E-state index contributed by atoms with van der Waals surface area (Å²) in [4.78, 5) is 27.6. The van der Waals surface area contributed by atoms with Crippen LogP contribution in [0.2, 0.25) is 0 Å². The molecular weight excluding hydrogens is 285 g/mol. The normalized spacial score (nSPS) is 19.4. The minimum atomic E-state index is -0.583. The second-order valence-corrected chi connectivity index (χ2v) is 5.23. The van der Waals surface area contributed by atoms with Crippen molar-refractivity contribution in [2.75, 3.05) is 26.2 Å². The average molecular weight is 303 g/mol. The molecular formula is C15H18FN5O. The lowest BCUT2D eigenvalue weighted by Crippen LogP contribution is -2.50. The van der Waals surface area contributed by atoms with Crippen LogP contribution < -0.4 is 0 Å². The Kier molecular flexibility index (Phi) is 4.15. The lowest BCUT2D eigenvalue weighted by atomic mass is 10.1. The number of carbonyl (C=O) groups is 1. The first-order valence-corrected chi connectivity index (χ1v) is 7.32. The van der Waals surface area contributed by atoms with E-state index in [-0.39, 0.29) is 17.5 Å². The molecule has 116 valence electrons. The third kappa shape index (κ3) is 2.71. The lowest BCUT2D eigenvalue weighted by molar-refractivity contribution is 0.0475. The highest BCUT2D eigenvalue weighted by molar-refractivity contribution is 5.94. The molecule has 0 radical (unpaired) electrons. The van der Waals surface area contributed by atoms with E-state index in [1.165, 1.54) is 12.3 Å². The van der Waals surface area contributed by atoms with Gasteiger partial charge in [-0.15, -0.1) is 0 Å². The summed E-state index contributed by atoms with van der Waals surface area (Å²) in [5.74, 6) is -0.0540. The average Bonchev–Trinajstić information content (AvgIpc) is 3.08. The van der Waals surface area contributed by atoms with E-state index < -0.39 is 5.82 Å². The molecule has 7 heteroatoms. The minimum absolute atomic E-state index is 0.00241. The zero-order valence-electron chi connectivity index (χ0n) is 12.4. The summed E-state index contributed by atoms with van der Waals surface area (Å²) < 4.78 is 13.8. The molecule has 0 saturated carbocycles. The number of pyridine rings is 1. The van der Waals surface area contributed by atoms with Crippen molar-refractivity contribution in [3.05, 3.63) is 48.1 Å². The molecule has 2 aromatic heterocycles. The fraction of sp³-hybridized carbons (Fsp3) is 0.400. The SMILES string of the molecule is CCN1CCN(C(=O)c2ccncc2F)CC1c1ncc[nH]1. The molecule has 1 aliphatic heterocycles. The smallest absolute Gasteiger partial charge is 0.257 e. The van der Waals surface area contributed by atoms with E-state index >= 15 is 0 Å². The van der Waals surface area contributed by atoms with Crippen molar-refractivity contribution < 1.29 is 9.18 Å². The molecule has 3 rings (SSSR count). The van der Waals surface area contributed by atoms with Gasteiger partial charge in [0, 0.05) is 38.2 Å². The molecule has 3 heterocycles. The molecule has 0 bridgehead atoms. The first kappa shape index (κ1) is 14.6. The Morgan fingerprint density at radius 3 is 3.00 bits per heavy atom. The van der Waals surface area contributed by atoms with Gasteiger partial charge in [-0.2, -0.15) is 0 Å². The van der Waals surface area contributed by atoms with E-state index in [0.717, 1.165) is 25.1 Å². The van der Waals surface area contributed by atoms with Crippen LogP contribution in [0, 0.1) is 5.82 Å². The van der Waals surface area contributed by atoms with Crippen molar-refractivity contribution in [2.45, 2.75) is 13.0 Å². The van der Waals surface area contributed by atoms with Gasteiger partial charge >= 0.3 is 0 Å². The number of aromatic nitrogens is 3. The molecule has 1 fully saturated rings. The maximum absolute atomic E-state index is 13.8. The number of hydrogen-bond donors (Lipinski definition) is 1. The van der Waals surface area contributed by atoms with Crippen molar-refractivity contribution in [3.63, 3.8) is 0 Å². The van der Waals surface area contributed by atoms with E-state index in [2.05, 4.69) is 26.8 Å². The summed E-state index contributed by atoms with van der Waals surface area (Å²) in [5, 5.41) is 0. The van der Waals surface area contributed by atoms with Gasteiger partial charge < -0.3 is 9.88 Å². The highest BCUT2D eigenvalue weighted by Crippen LogP contribution is 2.24. The highest BCUT2D eigenvalue weighted by Gasteiger charge is 2.32. The molecule has 1 unspecified atom stereocenters. The number of likely N-dealkylation sites (N-methyl/N-ethyl adjacent to an activating group) is 1. The summed E-state index contributed by atoms with van der Waals surface area (Å²) in [7, 11) is 0. The Morgan fingerprint density at radius 2 is 2.32 bits per heavy atom. The molecule has 2 aromatic rings. The molecule has 0 aliphatic carbocycles. The molecule has 22 heavy (non-hydrogen) atoms. The quantitative estimate of drug-likeness (QED) is 0.932. The highest BCUT2D eigenvalue weighted by atomic mass is 19.1. The Morgan fingerprint density at radius 1 is 1.45 bits per heavy atom. The van der Waals surface area contributed by atoms with Gasteiger partial charge in [0.2, 0.25) is 0 Å². The van der Waals surface area contributed by atoms with Crippen molar-refractivity contribution in [3.8, 4) is 0 Å². The van der Waals surface area contributed by atoms with Gasteiger partial charge in [-0.3, -0.25) is 14.7 Å². The lowest BCUT2D eigenvalue weighted by Gasteiger charge is -2.40. The predicted octanol–water partition coefficient (Wildman–Crippen LogP) is 1.46. The fourth-order valence-corrected chi connectivity index (χ4v) is 2.82. The number of imidazole rings is 1. The van der Waals surface area contributed by atoms with Crippen LogP contribution in [-0.2, 0) is 0 Å². The van der Waals surface area contributed by atoms with Gasteiger partial charge in [-0.1, -0.05) is 6.92 Å². The number of carbonyl (C=O) groups excluding carboxylic acids is 1. The number of hydrogen-bond acceptors (Lipinski definition) is 4. The van der Waals surface area contributed by atoms with Crippen molar-refractivity contribution in [1.29, 1.82) is 0 Å². The number of H-pyrrole nitrogens is 1. The van der Waals surface area contributed by atoms with Gasteiger partial charge in [0.25, 0.3) is 5.91 Å². The van der Waals surface area contributed by atoms with Gasteiger partial charge in [0.15, 0.2) is 5.82 Å². The molecule has 1 atom stereocenters. The van der Waals surface area contributed by atoms with Crippen LogP contribution in [0.4, 0.5) is 4.39 Å². The van der Waals surface area contributed by atoms with Gasteiger partial charge in [0.05, 0.1) is 17.8 Å². The summed E-state index contributed by atoms with van der Waals surface area (Å²) in [5.41, 5.74) is 0.0677. The van der Waals surface area contributed by atoms with Gasteiger partial charge in [-0.25, -0.2) is 9.37 Å². The van der Waals surface area contributed by atoms with Crippen molar-refractivity contribution in [1.82, 2.24) is 24.8 Å². The number of piperazine rings is 1. The van der Waals surface area contributed by atoms with Crippen molar-refractivity contribution in [2.24, 2.45) is 0 Å². The van der Waals surface area contributed by atoms with E-state index in [1.54, 1.807) is 17.3 Å². The van der Waals surface area contributed by atoms with Crippen LogP contribution >= 0.6 is 0 Å². The van der Waals surface area contributed by atoms with E-state index in [4.69, 9.17) is 0 Å². The number of aromatic amines is 1. The second kappa shape index (κ2) is 6.23. The van der Waals surface area contributed by atoms with Crippen LogP contribution in [0.15, 0.2) is 30.9 Å². The molecule has 0 spiro atoms. The summed E-state index contributed by atoms with van der Waals surface area (Å²) >= 11 is 0. The molecule has 0 aromatic carbocycles. The Bertz CT molecular complexity index is 645. The summed E-state index contributed by atoms with van der Waals surface area (Å²) in [6.45, 7) is 4.75. The first-order valence-electron chi connectivity index (χ1n) is 7.32. The number of nitrogens with zero attached hydrogens (tertiary/aromatic N) is 4. The second-order valence-electron chi connectivity index (χ2n) is 5.23. The number of nitrogens with one attached hydrogen (secondary N) is 1. The minimum Gasteiger partial charge on any atom is -0.347 e. The standard InChI is InChI=1S/C15H18FN5O/c1-2-20-7-8-21(10-13(20)14-18-5-6-19-14)15(22)11-3-4-17-9-12(11)16/h3-6,9,13H,2,7-8,10H2,1H3,(H,18,19). The van der Waals surface area contributed by atoms with Crippen LogP contribution in [0.25, 0.3) is 0 Å². The largest absolute Gasteiger partial charge is 0.347 e. The van der Waals surface area contributed by atoms with Crippen molar-refractivity contribution >= 4 is 5.91 Å². The van der Waals surface area contributed by atoms with Gasteiger partial charge in [-0.05, 0) is 12.6 Å². The topological polar surface area (TPSA) is 65.1 Å². The maximum Gasteiger partial charge on any atom is 0.257 e. The zero-order valence-corrected chi connectivity index (χ0v) is 12.4. The molecule has 1 N–H and O–H groups in total. The summed E-state index contributed by atoms with van der Waals surface area (Å²) in [6, 6.07) is 1.42. The van der Waals surface area contributed by atoms with Crippen LogP contribution in [0.1, 0.15) is 29.1 Å². The van der Waals surface area contributed by atoms with Crippen LogP contribution in [0.5, 0.6) is 0 Å². The molecule has 6 nitrogen and oxygen atoms in total. The number of halogens is 1. The fourth-order valence-electron chi connectivity index (χ4n) is 2.82. The number of amides is 1. The third-order valence-electron chi connectivity index (χ3n) is 4.02. The third-order valence-corrected chi connectivity index (χ3v) is 4.02. The number of rotatable bonds is 3. The van der Waals surface area contributed by atoms with E-state index in [0.29, 0.717) is 13.1 Å². The monoisotopic (exact) mass is 303 g/mol. The molecule has 1 saturated heterocycles. The summed E-state index contributed by atoms with van der Waals surface area (Å²) in [6.07, 6.45) is 5.97. The Hall–Kier alpha value is -2.28.